The van der Waals surface area contributed by atoms with Crippen LogP contribution in [-0.2, 0) is 9.84 Å². The highest BCUT2D eigenvalue weighted by Crippen LogP contribution is 2.09. The quantitative estimate of drug-likeness (QED) is 0.605. The van der Waals surface area contributed by atoms with Crippen LogP contribution in [0.1, 0.15) is 51.9 Å². The van der Waals surface area contributed by atoms with Gasteiger partial charge >= 0.3 is 0 Å². The van der Waals surface area contributed by atoms with E-state index < -0.39 is 9.84 Å². The van der Waals surface area contributed by atoms with Gasteiger partial charge in [-0.15, -0.1) is 0 Å². The average molecular weight is 249 g/mol. The van der Waals surface area contributed by atoms with E-state index in [0.29, 0.717) is 11.8 Å². The van der Waals surface area contributed by atoms with Gasteiger partial charge in [0.15, 0.2) is 0 Å². The van der Waals surface area contributed by atoms with Crippen LogP contribution in [0.15, 0.2) is 0 Å². The largest absolute Gasteiger partial charge is 0.317 e. The summed E-state index contributed by atoms with van der Waals surface area (Å²) in [6.45, 7) is 2.21. The van der Waals surface area contributed by atoms with Crippen LogP contribution >= 0.6 is 0 Å². The molecule has 0 amide bonds. The van der Waals surface area contributed by atoms with Crippen LogP contribution in [0.4, 0.5) is 0 Å². The standard InChI is InChI=1S/C12H27NO2S/c1-4-5-6-7-9-12(13-2)10-8-11-16(3,14)15/h12-13H,4-11H2,1-3H3. The number of hydrogen-bond acceptors (Lipinski definition) is 3. The summed E-state index contributed by atoms with van der Waals surface area (Å²) in [4.78, 5) is 0. The fourth-order valence-corrected chi connectivity index (χ4v) is 2.53. The van der Waals surface area contributed by atoms with Crippen molar-refractivity contribution in [1.29, 1.82) is 0 Å². The Bertz CT molecular complexity index is 250. The molecule has 0 fully saturated rings. The predicted molar refractivity (Wildman–Crippen MR) is 70.6 cm³/mol. The first-order valence-corrected chi connectivity index (χ1v) is 8.40. The van der Waals surface area contributed by atoms with Gasteiger partial charge in [0.1, 0.15) is 9.84 Å². The van der Waals surface area contributed by atoms with E-state index in [1.807, 2.05) is 7.05 Å². The minimum atomic E-state index is -2.78. The van der Waals surface area contributed by atoms with Crippen molar-refractivity contribution in [3.8, 4) is 0 Å². The number of nitrogens with one attached hydrogen (secondary N) is 1. The zero-order valence-corrected chi connectivity index (χ0v) is 11.8. The van der Waals surface area contributed by atoms with E-state index in [2.05, 4.69) is 12.2 Å². The van der Waals surface area contributed by atoms with Crippen molar-refractivity contribution in [3.63, 3.8) is 0 Å². The first kappa shape index (κ1) is 15.9. The predicted octanol–water partition coefficient (Wildman–Crippen LogP) is 2.37. The summed E-state index contributed by atoms with van der Waals surface area (Å²) in [7, 11) is -0.822. The summed E-state index contributed by atoms with van der Waals surface area (Å²) < 4.78 is 22.0. The van der Waals surface area contributed by atoms with Crippen LogP contribution < -0.4 is 5.32 Å². The minimum Gasteiger partial charge on any atom is -0.317 e. The number of sulfone groups is 1. The van der Waals surface area contributed by atoms with E-state index in [1.165, 1.54) is 38.4 Å². The molecular weight excluding hydrogens is 222 g/mol. The summed E-state index contributed by atoms with van der Waals surface area (Å²) in [6.07, 6.45) is 9.33. The third-order valence-corrected chi connectivity index (χ3v) is 3.91. The number of unbranched alkanes of at least 4 members (excludes halogenated alkanes) is 3. The van der Waals surface area contributed by atoms with Gasteiger partial charge < -0.3 is 5.32 Å². The van der Waals surface area contributed by atoms with E-state index in [0.717, 1.165) is 12.8 Å². The maximum atomic E-state index is 11.0. The molecule has 4 heteroatoms. The van der Waals surface area contributed by atoms with Crippen molar-refractivity contribution in [2.45, 2.75) is 57.9 Å². The lowest BCUT2D eigenvalue weighted by atomic mass is 10.0. The average Bonchev–Trinajstić information content (AvgIpc) is 2.20. The lowest BCUT2D eigenvalue weighted by Crippen LogP contribution is -2.25. The molecule has 0 bridgehead atoms. The fourth-order valence-electron chi connectivity index (χ4n) is 1.84. The first-order valence-electron chi connectivity index (χ1n) is 6.34. The molecule has 1 N–H and O–H groups in total. The van der Waals surface area contributed by atoms with Gasteiger partial charge in [-0.3, -0.25) is 0 Å². The molecule has 0 aliphatic rings. The van der Waals surface area contributed by atoms with Gasteiger partial charge in [-0.2, -0.15) is 0 Å². The zero-order chi connectivity index (χ0) is 12.4. The molecule has 0 aromatic heterocycles. The van der Waals surface area contributed by atoms with E-state index in [1.54, 1.807) is 0 Å². The molecule has 1 atom stereocenters. The molecule has 0 heterocycles. The Hall–Kier alpha value is -0.0900. The minimum absolute atomic E-state index is 0.320. The van der Waals surface area contributed by atoms with Crippen LogP contribution in [0.3, 0.4) is 0 Å². The van der Waals surface area contributed by atoms with E-state index in [9.17, 15) is 8.42 Å². The molecule has 0 aliphatic heterocycles. The van der Waals surface area contributed by atoms with Crippen molar-refractivity contribution in [2.75, 3.05) is 19.1 Å². The zero-order valence-electron chi connectivity index (χ0n) is 11.0. The van der Waals surface area contributed by atoms with Crippen molar-refractivity contribution >= 4 is 9.84 Å². The van der Waals surface area contributed by atoms with Gasteiger partial charge in [-0.05, 0) is 26.3 Å². The van der Waals surface area contributed by atoms with Crippen molar-refractivity contribution in [1.82, 2.24) is 5.32 Å². The lowest BCUT2D eigenvalue weighted by Gasteiger charge is -2.15. The maximum Gasteiger partial charge on any atom is 0.147 e. The summed E-state index contributed by atoms with van der Waals surface area (Å²) in [6, 6.07) is 0.485. The highest BCUT2D eigenvalue weighted by molar-refractivity contribution is 7.90. The second-order valence-electron chi connectivity index (χ2n) is 4.61. The van der Waals surface area contributed by atoms with Gasteiger partial charge in [0.25, 0.3) is 0 Å². The molecular formula is C12H27NO2S. The van der Waals surface area contributed by atoms with Crippen LogP contribution in [0.2, 0.25) is 0 Å². The van der Waals surface area contributed by atoms with E-state index in [4.69, 9.17) is 0 Å². The fraction of sp³-hybridized carbons (Fsp3) is 1.00. The summed E-state index contributed by atoms with van der Waals surface area (Å²) >= 11 is 0. The topological polar surface area (TPSA) is 46.2 Å². The molecule has 0 aromatic rings. The lowest BCUT2D eigenvalue weighted by molar-refractivity contribution is 0.456. The Balaban J connectivity index is 3.59. The number of rotatable bonds is 10. The highest BCUT2D eigenvalue weighted by atomic mass is 32.2. The van der Waals surface area contributed by atoms with E-state index >= 15 is 0 Å². The second kappa shape index (κ2) is 8.99. The van der Waals surface area contributed by atoms with Crippen LogP contribution in [-0.4, -0.2) is 33.5 Å². The Morgan fingerprint density at radius 1 is 1.06 bits per heavy atom. The van der Waals surface area contributed by atoms with Gasteiger partial charge in [0.05, 0.1) is 0 Å². The molecule has 0 aromatic carbocycles. The molecule has 0 aliphatic carbocycles. The Morgan fingerprint density at radius 3 is 2.19 bits per heavy atom. The third-order valence-electron chi connectivity index (χ3n) is 2.88. The molecule has 1 unspecified atom stereocenters. The Morgan fingerprint density at radius 2 is 1.69 bits per heavy atom. The monoisotopic (exact) mass is 249 g/mol. The van der Waals surface area contributed by atoms with Gasteiger partial charge in [0, 0.05) is 18.1 Å². The molecule has 0 radical (unpaired) electrons. The summed E-state index contributed by atoms with van der Waals surface area (Å²) in [5.41, 5.74) is 0. The summed E-state index contributed by atoms with van der Waals surface area (Å²) in [5.74, 6) is 0.320. The van der Waals surface area contributed by atoms with Crippen molar-refractivity contribution in [3.05, 3.63) is 0 Å². The first-order chi connectivity index (χ1) is 7.49. The Kier molecular flexibility index (Phi) is 8.94. The van der Waals surface area contributed by atoms with Crippen LogP contribution in [0, 0.1) is 0 Å². The molecule has 0 saturated heterocycles. The van der Waals surface area contributed by atoms with Crippen LogP contribution in [0.5, 0.6) is 0 Å². The molecule has 3 nitrogen and oxygen atoms in total. The van der Waals surface area contributed by atoms with Crippen molar-refractivity contribution in [2.24, 2.45) is 0 Å². The molecule has 0 spiro atoms. The molecule has 0 saturated carbocycles. The van der Waals surface area contributed by atoms with Gasteiger partial charge in [-0.25, -0.2) is 8.42 Å². The molecule has 0 rings (SSSR count). The number of hydrogen-bond donors (Lipinski definition) is 1. The third kappa shape index (κ3) is 10.4. The van der Waals surface area contributed by atoms with Gasteiger partial charge in [0.2, 0.25) is 0 Å². The van der Waals surface area contributed by atoms with Crippen LogP contribution in [0.25, 0.3) is 0 Å². The summed E-state index contributed by atoms with van der Waals surface area (Å²) in [5, 5.41) is 3.27. The van der Waals surface area contributed by atoms with E-state index in [-0.39, 0.29) is 0 Å². The molecule has 16 heavy (non-hydrogen) atoms. The Labute approximate surface area is 101 Å². The normalized spacial score (nSPS) is 13.9. The highest BCUT2D eigenvalue weighted by Gasteiger charge is 2.08. The van der Waals surface area contributed by atoms with Gasteiger partial charge in [-0.1, -0.05) is 32.6 Å². The van der Waals surface area contributed by atoms with Crippen molar-refractivity contribution < 1.29 is 8.42 Å². The molecule has 98 valence electrons. The maximum absolute atomic E-state index is 11.0. The SMILES string of the molecule is CCCCCCC(CCCS(C)(=O)=O)NC. The smallest absolute Gasteiger partial charge is 0.147 e. The second-order valence-corrected chi connectivity index (χ2v) is 6.87.